The molecule has 0 aliphatic carbocycles. The standard InChI is InChI=1S/C14H12Br2ClNO/c15-10-2-1-3-12(8-10)18-6-7-19-14-5-4-11(16)9-13(14)17/h1-5,8-9,18H,6-7H2. The van der Waals surface area contributed by atoms with E-state index in [2.05, 4.69) is 37.2 Å². The zero-order chi connectivity index (χ0) is 13.7. The number of rotatable bonds is 5. The lowest BCUT2D eigenvalue weighted by Gasteiger charge is -2.10. The highest BCUT2D eigenvalue weighted by molar-refractivity contribution is 9.10. The van der Waals surface area contributed by atoms with Gasteiger partial charge in [0.25, 0.3) is 0 Å². The Morgan fingerprint density at radius 2 is 1.84 bits per heavy atom. The number of hydrogen-bond donors (Lipinski definition) is 1. The van der Waals surface area contributed by atoms with Crippen LogP contribution in [0.4, 0.5) is 5.69 Å². The molecule has 0 radical (unpaired) electrons. The van der Waals surface area contributed by atoms with Gasteiger partial charge in [0.1, 0.15) is 12.4 Å². The fourth-order valence-electron chi connectivity index (χ4n) is 1.55. The summed E-state index contributed by atoms with van der Waals surface area (Å²) in [4.78, 5) is 0. The second-order valence-electron chi connectivity index (χ2n) is 3.86. The van der Waals surface area contributed by atoms with Crippen molar-refractivity contribution < 1.29 is 4.74 Å². The second kappa shape index (κ2) is 7.17. The molecule has 2 nitrogen and oxygen atoms in total. The molecule has 19 heavy (non-hydrogen) atoms. The van der Waals surface area contributed by atoms with E-state index in [4.69, 9.17) is 16.3 Å². The van der Waals surface area contributed by atoms with Crippen LogP contribution in [0.3, 0.4) is 0 Å². The Bertz CT molecular complexity index is 563. The molecule has 0 aromatic heterocycles. The molecule has 100 valence electrons. The van der Waals surface area contributed by atoms with Crippen molar-refractivity contribution in [1.29, 1.82) is 0 Å². The van der Waals surface area contributed by atoms with Crippen LogP contribution in [0.1, 0.15) is 0 Å². The lowest BCUT2D eigenvalue weighted by Crippen LogP contribution is -2.11. The molecule has 0 atom stereocenters. The average Bonchev–Trinajstić information content (AvgIpc) is 2.37. The first-order valence-electron chi connectivity index (χ1n) is 5.72. The van der Waals surface area contributed by atoms with Gasteiger partial charge in [0.15, 0.2) is 0 Å². The highest BCUT2D eigenvalue weighted by Crippen LogP contribution is 2.27. The average molecular weight is 406 g/mol. The molecule has 0 aliphatic rings. The first-order chi connectivity index (χ1) is 9.15. The van der Waals surface area contributed by atoms with Crippen molar-refractivity contribution in [2.75, 3.05) is 18.5 Å². The van der Waals surface area contributed by atoms with Crippen molar-refractivity contribution in [3.8, 4) is 5.75 Å². The van der Waals surface area contributed by atoms with E-state index in [1.807, 2.05) is 42.5 Å². The highest BCUT2D eigenvalue weighted by Gasteiger charge is 2.01. The molecule has 2 aromatic carbocycles. The maximum absolute atomic E-state index is 6.06. The lowest BCUT2D eigenvalue weighted by atomic mass is 10.3. The van der Waals surface area contributed by atoms with E-state index in [9.17, 15) is 0 Å². The van der Waals surface area contributed by atoms with E-state index in [1.54, 1.807) is 0 Å². The highest BCUT2D eigenvalue weighted by atomic mass is 79.9. The molecular formula is C14H12Br2ClNO. The van der Waals surface area contributed by atoms with Crippen LogP contribution in [0.15, 0.2) is 51.4 Å². The van der Waals surface area contributed by atoms with Crippen molar-refractivity contribution in [3.63, 3.8) is 0 Å². The van der Waals surface area contributed by atoms with Crippen LogP contribution < -0.4 is 10.1 Å². The van der Waals surface area contributed by atoms with Gasteiger partial charge in [-0.3, -0.25) is 0 Å². The molecule has 0 aliphatic heterocycles. The van der Waals surface area contributed by atoms with Gasteiger partial charge in [0.2, 0.25) is 0 Å². The minimum Gasteiger partial charge on any atom is -0.490 e. The van der Waals surface area contributed by atoms with Crippen molar-refractivity contribution >= 4 is 49.1 Å². The van der Waals surface area contributed by atoms with Gasteiger partial charge >= 0.3 is 0 Å². The molecule has 1 N–H and O–H groups in total. The molecule has 2 aromatic rings. The number of halogens is 3. The minimum atomic E-state index is 0.549. The van der Waals surface area contributed by atoms with Crippen LogP contribution >= 0.6 is 43.5 Å². The summed E-state index contributed by atoms with van der Waals surface area (Å²) in [5.74, 6) is 0.695. The molecule has 0 unspecified atom stereocenters. The van der Waals surface area contributed by atoms with Gasteiger partial charge in [-0.1, -0.05) is 49.5 Å². The van der Waals surface area contributed by atoms with Crippen molar-refractivity contribution in [1.82, 2.24) is 0 Å². The SMILES string of the molecule is Clc1cc(Br)ccc1OCCNc1cccc(Br)c1. The van der Waals surface area contributed by atoms with Crippen molar-refractivity contribution in [2.45, 2.75) is 0 Å². The van der Waals surface area contributed by atoms with Gasteiger partial charge in [-0.25, -0.2) is 0 Å². The Kier molecular flexibility index (Phi) is 5.55. The second-order valence-corrected chi connectivity index (χ2v) is 6.10. The summed E-state index contributed by atoms with van der Waals surface area (Å²) in [5.41, 5.74) is 1.06. The van der Waals surface area contributed by atoms with Crippen LogP contribution in [-0.4, -0.2) is 13.2 Å². The summed E-state index contributed by atoms with van der Waals surface area (Å²) in [5, 5.41) is 3.89. The maximum Gasteiger partial charge on any atom is 0.138 e. The van der Waals surface area contributed by atoms with Gasteiger partial charge in [-0.15, -0.1) is 0 Å². The molecule has 0 spiro atoms. The van der Waals surface area contributed by atoms with Gasteiger partial charge in [-0.2, -0.15) is 0 Å². The van der Waals surface area contributed by atoms with Crippen LogP contribution in [0.2, 0.25) is 5.02 Å². The third-order valence-corrected chi connectivity index (χ3v) is 3.69. The fourth-order valence-corrected chi connectivity index (χ4v) is 2.67. The summed E-state index contributed by atoms with van der Waals surface area (Å²) in [7, 11) is 0. The predicted octanol–water partition coefficient (Wildman–Crippen LogP) is 5.36. The summed E-state index contributed by atoms with van der Waals surface area (Å²) in [6, 6.07) is 13.6. The van der Waals surface area contributed by atoms with E-state index >= 15 is 0 Å². The zero-order valence-corrected chi connectivity index (χ0v) is 13.9. The molecule has 0 amide bonds. The Balaban J connectivity index is 1.81. The van der Waals surface area contributed by atoms with Crippen molar-refractivity contribution in [3.05, 3.63) is 56.4 Å². The molecule has 0 heterocycles. The number of anilines is 1. The molecule has 0 saturated carbocycles. The summed E-state index contributed by atoms with van der Waals surface area (Å²) >= 11 is 12.9. The van der Waals surface area contributed by atoms with E-state index in [-0.39, 0.29) is 0 Å². The number of nitrogens with one attached hydrogen (secondary N) is 1. The Labute approximate surface area is 134 Å². The largest absolute Gasteiger partial charge is 0.490 e. The minimum absolute atomic E-state index is 0.549. The third-order valence-electron chi connectivity index (χ3n) is 2.41. The van der Waals surface area contributed by atoms with Gasteiger partial charge in [0.05, 0.1) is 5.02 Å². The quantitative estimate of drug-likeness (QED) is 0.677. The van der Waals surface area contributed by atoms with E-state index in [0.29, 0.717) is 23.9 Å². The first-order valence-corrected chi connectivity index (χ1v) is 7.69. The third kappa shape index (κ3) is 4.71. The van der Waals surface area contributed by atoms with Crippen LogP contribution in [-0.2, 0) is 0 Å². The monoisotopic (exact) mass is 403 g/mol. The topological polar surface area (TPSA) is 21.3 Å². The van der Waals surface area contributed by atoms with Crippen LogP contribution in [0.5, 0.6) is 5.75 Å². The van der Waals surface area contributed by atoms with E-state index in [0.717, 1.165) is 14.6 Å². The van der Waals surface area contributed by atoms with Crippen LogP contribution in [0, 0.1) is 0 Å². The van der Waals surface area contributed by atoms with Gasteiger partial charge < -0.3 is 10.1 Å². The summed E-state index contributed by atoms with van der Waals surface area (Å²) in [6.07, 6.45) is 0. The van der Waals surface area contributed by atoms with E-state index in [1.165, 1.54) is 0 Å². The molecule has 0 saturated heterocycles. The Morgan fingerprint density at radius 1 is 1.05 bits per heavy atom. The number of hydrogen-bond acceptors (Lipinski definition) is 2. The first kappa shape index (κ1) is 14.7. The smallest absolute Gasteiger partial charge is 0.138 e. The molecular weight excluding hydrogens is 393 g/mol. The van der Waals surface area contributed by atoms with Gasteiger partial charge in [0, 0.05) is 21.2 Å². The predicted molar refractivity (Wildman–Crippen MR) is 87.3 cm³/mol. The Morgan fingerprint density at radius 3 is 2.58 bits per heavy atom. The van der Waals surface area contributed by atoms with Gasteiger partial charge in [-0.05, 0) is 36.4 Å². The zero-order valence-electron chi connectivity index (χ0n) is 10.00. The Hall–Kier alpha value is -0.710. The number of benzene rings is 2. The fraction of sp³-hybridized carbons (Fsp3) is 0.143. The normalized spacial score (nSPS) is 10.3. The van der Waals surface area contributed by atoms with E-state index < -0.39 is 0 Å². The molecule has 5 heteroatoms. The molecule has 0 bridgehead atoms. The molecule has 0 fully saturated rings. The maximum atomic E-state index is 6.06. The number of ether oxygens (including phenoxy) is 1. The van der Waals surface area contributed by atoms with Crippen molar-refractivity contribution in [2.24, 2.45) is 0 Å². The lowest BCUT2D eigenvalue weighted by molar-refractivity contribution is 0.333. The van der Waals surface area contributed by atoms with Crippen LogP contribution in [0.25, 0.3) is 0 Å². The molecule has 2 rings (SSSR count). The summed E-state index contributed by atoms with van der Waals surface area (Å²) < 4.78 is 7.61. The summed E-state index contributed by atoms with van der Waals surface area (Å²) in [6.45, 7) is 1.26.